The lowest BCUT2D eigenvalue weighted by Crippen LogP contribution is -2.14. The zero-order valence-corrected chi connectivity index (χ0v) is 12.7. The van der Waals surface area contributed by atoms with Crippen molar-refractivity contribution >= 4 is 50.6 Å². The second kappa shape index (κ2) is 6.06. The average Bonchev–Trinajstić information content (AvgIpc) is 2.43. The minimum Gasteiger partial charge on any atom is -0.384 e. The molecule has 0 bridgehead atoms. The van der Waals surface area contributed by atoms with Crippen LogP contribution in [-0.2, 0) is 0 Å². The van der Waals surface area contributed by atoms with Gasteiger partial charge in [0.15, 0.2) is 0 Å². The number of pyridine rings is 1. The minimum absolute atomic E-state index is 0.127. The highest BCUT2D eigenvalue weighted by Gasteiger charge is 2.15. The molecule has 2 rings (SSSR count). The summed E-state index contributed by atoms with van der Waals surface area (Å²) in [5, 5.41) is 13.4. The Morgan fingerprint density at radius 2 is 2.14 bits per heavy atom. The first-order valence-corrected chi connectivity index (χ1v) is 6.72. The third-order valence-electron chi connectivity index (χ3n) is 2.53. The maximum absolute atomic E-state index is 12.2. The number of rotatable bonds is 3. The molecule has 0 radical (unpaired) electrons. The third-order valence-corrected chi connectivity index (χ3v) is 3.52. The van der Waals surface area contributed by atoms with E-state index in [2.05, 4.69) is 26.2 Å². The van der Waals surface area contributed by atoms with Crippen LogP contribution in [-0.4, -0.2) is 15.8 Å². The maximum atomic E-state index is 12.2. The van der Waals surface area contributed by atoms with Gasteiger partial charge < -0.3 is 11.1 Å². The molecule has 0 fully saturated rings. The molecular formula is C12H8BrClN4O3. The summed E-state index contributed by atoms with van der Waals surface area (Å²) in [6.07, 6.45) is 1.26. The van der Waals surface area contributed by atoms with Crippen LogP contribution in [0.3, 0.4) is 0 Å². The van der Waals surface area contributed by atoms with Crippen molar-refractivity contribution in [3.8, 4) is 0 Å². The lowest BCUT2D eigenvalue weighted by Gasteiger charge is -2.08. The highest BCUT2D eigenvalue weighted by molar-refractivity contribution is 9.10. The Bertz CT molecular complexity index is 738. The summed E-state index contributed by atoms with van der Waals surface area (Å²) in [6.45, 7) is 0. The summed E-state index contributed by atoms with van der Waals surface area (Å²) >= 11 is 9.09. The SMILES string of the molecule is Nc1cc(C(=O)Nc2cc([N+](=O)[O-])ccc2Br)c(Cl)cn1. The zero-order chi connectivity index (χ0) is 15.6. The molecule has 1 amide bonds. The van der Waals surface area contributed by atoms with Crippen LogP contribution in [0, 0.1) is 10.1 Å². The van der Waals surface area contributed by atoms with E-state index in [-0.39, 0.29) is 27.8 Å². The molecule has 0 aliphatic rings. The number of carbonyl (C=O) groups excluding carboxylic acids is 1. The van der Waals surface area contributed by atoms with Gasteiger partial charge in [0, 0.05) is 22.8 Å². The summed E-state index contributed by atoms with van der Waals surface area (Å²) < 4.78 is 0.500. The van der Waals surface area contributed by atoms with E-state index in [9.17, 15) is 14.9 Å². The Morgan fingerprint density at radius 1 is 1.43 bits per heavy atom. The van der Waals surface area contributed by atoms with Crippen molar-refractivity contribution in [1.29, 1.82) is 0 Å². The van der Waals surface area contributed by atoms with E-state index in [1.807, 2.05) is 0 Å². The lowest BCUT2D eigenvalue weighted by molar-refractivity contribution is -0.384. The van der Waals surface area contributed by atoms with Crippen LogP contribution in [0.1, 0.15) is 10.4 Å². The van der Waals surface area contributed by atoms with E-state index < -0.39 is 10.8 Å². The number of non-ortho nitro benzene ring substituents is 1. The van der Waals surface area contributed by atoms with E-state index >= 15 is 0 Å². The smallest absolute Gasteiger partial charge is 0.271 e. The Hall–Kier alpha value is -2.19. The molecular weight excluding hydrogens is 364 g/mol. The number of nitro benzene ring substituents is 1. The fourth-order valence-electron chi connectivity index (χ4n) is 1.54. The van der Waals surface area contributed by atoms with Crippen LogP contribution in [0.15, 0.2) is 34.9 Å². The van der Waals surface area contributed by atoms with Gasteiger partial charge >= 0.3 is 0 Å². The van der Waals surface area contributed by atoms with Crippen molar-refractivity contribution in [3.63, 3.8) is 0 Å². The molecule has 0 unspecified atom stereocenters. The number of anilines is 2. The molecule has 1 heterocycles. The number of carbonyl (C=O) groups is 1. The Labute approximate surface area is 132 Å². The van der Waals surface area contributed by atoms with E-state index in [4.69, 9.17) is 17.3 Å². The van der Waals surface area contributed by atoms with Crippen LogP contribution in [0.2, 0.25) is 5.02 Å². The van der Waals surface area contributed by atoms with Crippen molar-refractivity contribution in [2.24, 2.45) is 0 Å². The fourth-order valence-corrected chi connectivity index (χ4v) is 2.08. The van der Waals surface area contributed by atoms with Gasteiger partial charge in [-0.1, -0.05) is 11.6 Å². The molecule has 0 saturated carbocycles. The molecule has 3 N–H and O–H groups in total. The Kier molecular flexibility index (Phi) is 4.39. The van der Waals surface area contributed by atoms with Crippen LogP contribution < -0.4 is 11.1 Å². The second-order valence-corrected chi connectivity index (χ2v) is 5.23. The monoisotopic (exact) mass is 370 g/mol. The number of nitrogens with two attached hydrogens (primary N) is 1. The summed E-state index contributed by atoms with van der Waals surface area (Å²) in [4.78, 5) is 26.1. The zero-order valence-electron chi connectivity index (χ0n) is 10.3. The summed E-state index contributed by atoms with van der Waals surface area (Å²) in [6, 6.07) is 5.34. The van der Waals surface area contributed by atoms with Crippen molar-refractivity contribution in [2.75, 3.05) is 11.1 Å². The molecule has 0 aliphatic heterocycles. The number of hydrogen-bond acceptors (Lipinski definition) is 5. The molecule has 21 heavy (non-hydrogen) atoms. The molecule has 1 aromatic heterocycles. The first-order chi connectivity index (χ1) is 9.88. The normalized spacial score (nSPS) is 10.2. The molecule has 0 spiro atoms. The molecule has 108 valence electrons. The largest absolute Gasteiger partial charge is 0.384 e. The highest BCUT2D eigenvalue weighted by atomic mass is 79.9. The summed E-state index contributed by atoms with van der Waals surface area (Å²) in [5.41, 5.74) is 5.74. The van der Waals surface area contributed by atoms with Crippen LogP contribution in [0.5, 0.6) is 0 Å². The molecule has 2 aromatic rings. The van der Waals surface area contributed by atoms with Gasteiger partial charge in [0.05, 0.1) is 21.2 Å². The topological polar surface area (TPSA) is 111 Å². The van der Waals surface area contributed by atoms with Gasteiger partial charge in [-0.3, -0.25) is 14.9 Å². The predicted octanol–water partition coefficient (Wildman–Crippen LogP) is 3.24. The van der Waals surface area contributed by atoms with Crippen molar-refractivity contribution in [2.45, 2.75) is 0 Å². The Morgan fingerprint density at radius 3 is 2.81 bits per heavy atom. The molecule has 1 aromatic carbocycles. The number of nitro groups is 1. The molecule has 7 nitrogen and oxygen atoms in total. The van der Waals surface area contributed by atoms with Gasteiger partial charge in [-0.15, -0.1) is 0 Å². The predicted molar refractivity (Wildman–Crippen MR) is 82.4 cm³/mol. The van der Waals surface area contributed by atoms with Gasteiger partial charge in [-0.05, 0) is 28.1 Å². The fraction of sp³-hybridized carbons (Fsp3) is 0. The molecule has 0 aliphatic carbocycles. The molecule has 0 saturated heterocycles. The minimum atomic E-state index is -0.556. The number of nitrogens with zero attached hydrogens (tertiary/aromatic N) is 2. The van der Waals surface area contributed by atoms with E-state index in [1.165, 1.54) is 30.5 Å². The first-order valence-electron chi connectivity index (χ1n) is 5.55. The highest BCUT2D eigenvalue weighted by Crippen LogP contribution is 2.28. The number of hydrogen-bond donors (Lipinski definition) is 2. The Balaban J connectivity index is 2.33. The van der Waals surface area contributed by atoms with Gasteiger partial charge in [-0.25, -0.2) is 4.98 Å². The van der Waals surface area contributed by atoms with E-state index in [0.717, 1.165) is 0 Å². The summed E-state index contributed by atoms with van der Waals surface area (Å²) in [7, 11) is 0. The number of benzene rings is 1. The number of nitrogens with one attached hydrogen (secondary N) is 1. The number of aromatic nitrogens is 1. The summed E-state index contributed by atoms with van der Waals surface area (Å²) in [5.74, 6) is -0.405. The van der Waals surface area contributed by atoms with Crippen LogP contribution >= 0.6 is 27.5 Å². The maximum Gasteiger partial charge on any atom is 0.271 e. The third kappa shape index (κ3) is 3.47. The molecule has 9 heteroatoms. The standard InChI is InChI=1S/C12H8BrClN4O3/c13-8-2-1-6(18(20)21)3-10(8)17-12(19)7-4-11(15)16-5-9(7)14/h1-5H,(H2,15,16)(H,17,19). The van der Waals surface area contributed by atoms with Crippen LogP contribution in [0.4, 0.5) is 17.2 Å². The van der Waals surface area contributed by atoms with Crippen molar-refractivity contribution < 1.29 is 9.72 Å². The van der Waals surface area contributed by atoms with Gasteiger partial charge in [0.1, 0.15) is 5.82 Å². The quantitative estimate of drug-likeness (QED) is 0.635. The van der Waals surface area contributed by atoms with Crippen molar-refractivity contribution in [3.05, 3.63) is 55.6 Å². The van der Waals surface area contributed by atoms with Gasteiger partial charge in [0.2, 0.25) is 0 Å². The first kappa shape index (κ1) is 15.2. The van der Waals surface area contributed by atoms with Gasteiger partial charge in [-0.2, -0.15) is 0 Å². The van der Waals surface area contributed by atoms with E-state index in [1.54, 1.807) is 0 Å². The number of nitrogen functional groups attached to an aromatic ring is 1. The number of amides is 1. The number of halogens is 2. The van der Waals surface area contributed by atoms with Gasteiger partial charge in [0.25, 0.3) is 11.6 Å². The van der Waals surface area contributed by atoms with Crippen LogP contribution in [0.25, 0.3) is 0 Å². The average molecular weight is 372 g/mol. The second-order valence-electron chi connectivity index (χ2n) is 3.96. The molecule has 0 atom stereocenters. The van der Waals surface area contributed by atoms with Crippen molar-refractivity contribution in [1.82, 2.24) is 4.98 Å². The lowest BCUT2D eigenvalue weighted by atomic mass is 10.2. The van der Waals surface area contributed by atoms with E-state index in [0.29, 0.717) is 4.47 Å².